The molecule has 0 aliphatic heterocycles. The van der Waals surface area contributed by atoms with Crippen LogP contribution in [0.1, 0.15) is 84.3 Å². The third-order valence-electron chi connectivity index (χ3n) is 12.9. The van der Waals surface area contributed by atoms with Crippen LogP contribution in [0.4, 0.5) is 0 Å². The lowest BCUT2D eigenvalue weighted by atomic mass is 9.90. The number of amides is 12. The molecule has 0 bridgehead atoms. The van der Waals surface area contributed by atoms with Crippen molar-refractivity contribution in [2.45, 2.75) is 128 Å². The zero-order valence-electron chi connectivity index (χ0n) is 48.6. The van der Waals surface area contributed by atoms with Gasteiger partial charge in [0.1, 0.15) is 41.8 Å². The number of H-pyrrole nitrogens is 1. The fraction of sp³-hybridized carbons (Fsp3) is 0.491. The van der Waals surface area contributed by atoms with E-state index in [1.807, 2.05) is 0 Å². The predicted molar refractivity (Wildman–Crippen MR) is 317 cm³/mol. The first kappa shape index (κ1) is 71.0. The third kappa shape index (κ3) is 25.3. The lowest BCUT2D eigenvalue weighted by molar-refractivity contribution is -0.147. The number of para-hydroxylation sites is 1. The molecule has 0 saturated heterocycles. The van der Waals surface area contributed by atoms with Gasteiger partial charge in [0.05, 0.1) is 26.2 Å². The highest BCUT2D eigenvalue weighted by molar-refractivity contribution is 7.80. The second-order valence-corrected chi connectivity index (χ2v) is 21.1. The molecule has 0 aliphatic carbocycles. The normalized spacial score (nSPS) is 13.7. The van der Waals surface area contributed by atoms with E-state index in [1.165, 1.54) is 13.8 Å². The number of carbonyl (C=O) groups excluding carboxylic acids is 12. The van der Waals surface area contributed by atoms with Crippen LogP contribution in [0, 0.1) is 11.3 Å². The largest absolute Gasteiger partial charge is 0.480 e. The number of thiol groups is 1. The van der Waals surface area contributed by atoms with E-state index in [1.54, 1.807) is 81.6 Å². The summed E-state index contributed by atoms with van der Waals surface area (Å²) in [6.45, 7) is 5.07. The summed E-state index contributed by atoms with van der Waals surface area (Å²) in [6.07, 6.45) is 0.719. The Kier molecular flexibility index (Phi) is 29.5. The molecular formula is C55H80N16O14S. The SMILES string of the molecule is CC[C@H](NC(=O)CNC(=O)[C@H](CCC(N)=O)NC(=O)[C@H](Cc1c[nH]c2ccccc12)NC(=O)[C@H](Cc1ccccc1)NC(=O)CNC(=O)[C@H](CCCNC(=N)N)NC(=O)CNC(=O)[C@H](CS)NC(C)=O)C(=O)NCC(=O)N[C@@](C)(CC(C)C)C(=O)O. The van der Waals surface area contributed by atoms with Gasteiger partial charge in [0, 0.05) is 55.6 Å². The van der Waals surface area contributed by atoms with Gasteiger partial charge in [0.15, 0.2) is 5.96 Å². The van der Waals surface area contributed by atoms with Crippen LogP contribution in [0.25, 0.3) is 10.9 Å². The third-order valence-corrected chi connectivity index (χ3v) is 13.3. The smallest absolute Gasteiger partial charge is 0.329 e. The number of aliphatic carboxylic acids is 1. The molecule has 0 saturated carbocycles. The van der Waals surface area contributed by atoms with Crippen LogP contribution in [0.3, 0.4) is 0 Å². The lowest BCUT2D eigenvalue weighted by Crippen LogP contribution is -2.59. The van der Waals surface area contributed by atoms with Gasteiger partial charge in [0.25, 0.3) is 0 Å². The van der Waals surface area contributed by atoms with Crippen LogP contribution in [-0.4, -0.2) is 173 Å². The molecule has 1 heterocycles. The van der Waals surface area contributed by atoms with E-state index in [0.29, 0.717) is 22.0 Å². The van der Waals surface area contributed by atoms with Gasteiger partial charge in [-0.15, -0.1) is 0 Å². The fourth-order valence-electron chi connectivity index (χ4n) is 8.74. The van der Waals surface area contributed by atoms with E-state index in [0.717, 1.165) is 0 Å². The number of aromatic amines is 1. The average molecular weight is 1220 g/mol. The van der Waals surface area contributed by atoms with Gasteiger partial charge in [-0.25, -0.2) is 4.79 Å². The minimum absolute atomic E-state index is 0.0258. The summed E-state index contributed by atoms with van der Waals surface area (Å²) < 4.78 is 0. The lowest BCUT2D eigenvalue weighted by Gasteiger charge is -2.28. The van der Waals surface area contributed by atoms with Crippen molar-refractivity contribution in [1.82, 2.24) is 68.8 Å². The number of hydrogen-bond donors (Lipinski definition) is 18. The Balaban J connectivity index is 1.83. The number of carboxylic acids is 1. The molecule has 0 unspecified atom stereocenters. The Bertz CT molecular complexity index is 2910. The van der Waals surface area contributed by atoms with E-state index >= 15 is 0 Å². The molecule has 30 nitrogen and oxygen atoms in total. The number of carbonyl (C=O) groups is 13. The number of fused-ring (bicyclic) bond motifs is 1. The molecule has 3 rings (SSSR count). The summed E-state index contributed by atoms with van der Waals surface area (Å²) in [7, 11) is 0. The predicted octanol–water partition coefficient (Wildman–Crippen LogP) is -3.78. The van der Waals surface area contributed by atoms with Crippen molar-refractivity contribution in [2.75, 3.05) is 38.5 Å². The number of rotatable bonds is 37. The van der Waals surface area contributed by atoms with E-state index in [4.69, 9.17) is 16.9 Å². The van der Waals surface area contributed by atoms with Crippen molar-refractivity contribution in [1.29, 1.82) is 5.41 Å². The zero-order chi connectivity index (χ0) is 64.1. The van der Waals surface area contributed by atoms with E-state index in [2.05, 4.69) is 81.4 Å². The molecule has 0 radical (unpaired) electrons. The highest BCUT2D eigenvalue weighted by atomic mass is 32.1. The standard InChI is InChI=1S/C55H80N16O14S/c1-6-35(47(78)64-28-46(77)71-55(5,53(84)85)23-30(2)3)66-43(74)25-62-49(80)38(18-19-42(56)73)69-52(83)40(22-33-24-60-36-16-11-10-15-34(33)36)70-51(82)39(21-32-13-8-7-9-14-32)68-45(76)27-61-48(79)37(17-12-20-59-54(57)58)67-44(75)26-63-50(81)41(29-86)65-31(4)72/h7-11,13-16,24,30,35,37-41,60,86H,6,12,17-23,25-29H2,1-5H3,(H2,56,73)(H,61,79)(H,62,80)(H,63,81)(H,64,78)(H,65,72)(H,66,74)(H,67,75)(H,68,76)(H,69,83)(H,70,82)(H,71,77)(H,84,85)(H4,57,58,59)/t35-,37-,38-,39-,40-,41-,55-/m0/s1. The van der Waals surface area contributed by atoms with Gasteiger partial charge in [-0.05, 0) is 62.1 Å². The number of hydrogen-bond acceptors (Lipinski definition) is 15. The van der Waals surface area contributed by atoms with Crippen molar-refractivity contribution in [3.8, 4) is 0 Å². The topological polar surface area (TPSA) is 478 Å². The Hall–Kier alpha value is -9.29. The van der Waals surface area contributed by atoms with Crippen molar-refractivity contribution in [3.05, 3.63) is 71.9 Å². The van der Waals surface area contributed by atoms with Crippen molar-refractivity contribution >= 4 is 106 Å². The second-order valence-electron chi connectivity index (χ2n) is 20.7. The molecule has 19 N–H and O–H groups in total. The van der Waals surface area contributed by atoms with Gasteiger partial charge >= 0.3 is 5.97 Å². The van der Waals surface area contributed by atoms with Crippen LogP contribution >= 0.6 is 12.6 Å². The Labute approximate surface area is 501 Å². The molecule has 0 fully saturated rings. The minimum atomic E-state index is -1.61. The number of primary amides is 1. The number of carboxylic acid groups (broad SMARTS) is 1. The van der Waals surface area contributed by atoms with E-state index in [9.17, 15) is 67.4 Å². The fourth-order valence-corrected chi connectivity index (χ4v) is 9.00. The molecule has 86 heavy (non-hydrogen) atoms. The summed E-state index contributed by atoms with van der Waals surface area (Å²) in [5, 5.41) is 47.5. The van der Waals surface area contributed by atoms with Gasteiger partial charge < -0.3 is 85.4 Å². The molecule has 0 spiro atoms. The summed E-state index contributed by atoms with van der Waals surface area (Å²) in [5.74, 6) is -11.7. The van der Waals surface area contributed by atoms with Crippen LogP contribution in [0.5, 0.6) is 0 Å². The molecule has 1 aromatic heterocycles. The number of nitrogens with one attached hydrogen (secondary N) is 14. The molecule has 7 atom stereocenters. The Morgan fingerprint density at radius 3 is 1.62 bits per heavy atom. The van der Waals surface area contributed by atoms with Gasteiger partial charge in [0.2, 0.25) is 70.9 Å². The number of benzene rings is 2. The van der Waals surface area contributed by atoms with E-state index < -0.39 is 151 Å². The highest BCUT2D eigenvalue weighted by Gasteiger charge is 2.36. The second kappa shape index (κ2) is 35.8. The average Bonchev–Trinajstić information content (AvgIpc) is 2.50. The van der Waals surface area contributed by atoms with E-state index in [-0.39, 0.29) is 69.1 Å². The number of aromatic nitrogens is 1. The number of guanidine groups is 1. The molecular weight excluding hydrogens is 1140 g/mol. The maximum Gasteiger partial charge on any atom is 0.329 e. The van der Waals surface area contributed by atoms with Crippen LogP contribution in [0.2, 0.25) is 0 Å². The monoisotopic (exact) mass is 1220 g/mol. The summed E-state index contributed by atoms with van der Waals surface area (Å²) in [5.41, 5.74) is 11.0. The molecule has 12 amide bonds. The summed E-state index contributed by atoms with van der Waals surface area (Å²) in [4.78, 5) is 173. The van der Waals surface area contributed by atoms with Crippen LogP contribution in [-0.2, 0) is 75.2 Å². The summed E-state index contributed by atoms with van der Waals surface area (Å²) in [6, 6.07) is 7.44. The van der Waals surface area contributed by atoms with Gasteiger partial charge in [-0.3, -0.25) is 62.9 Å². The minimum Gasteiger partial charge on any atom is -0.480 e. The Morgan fingerprint density at radius 1 is 0.605 bits per heavy atom. The van der Waals surface area contributed by atoms with Crippen LogP contribution < -0.4 is 75.3 Å². The van der Waals surface area contributed by atoms with Crippen molar-refractivity contribution in [2.24, 2.45) is 17.4 Å². The quantitative estimate of drug-likeness (QED) is 0.0114. The maximum atomic E-state index is 14.5. The van der Waals surface area contributed by atoms with Gasteiger partial charge in [-0.1, -0.05) is 69.3 Å². The highest BCUT2D eigenvalue weighted by Crippen LogP contribution is 2.20. The molecule has 470 valence electrons. The van der Waals surface area contributed by atoms with Crippen molar-refractivity contribution < 1.29 is 67.4 Å². The number of nitrogens with two attached hydrogens (primary N) is 2. The van der Waals surface area contributed by atoms with Crippen molar-refractivity contribution in [3.63, 3.8) is 0 Å². The first-order chi connectivity index (χ1) is 40.6. The maximum absolute atomic E-state index is 14.5. The molecule has 3 aromatic rings. The zero-order valence-corrected chi connectivity index (χ0v) is 49.5. The molecule has 2 aromatic carbocycles. The summed E-state index contributed by atoms with van der Waals surface area (Å²) >= 11 is 4.05. The molecule has 0 aliphatic rings. The first-order valence-electron chi connectivity index (χ1n) is 27.6. The first-order valence-corrected chi connectivity index (χ1v) is 28.2. The Morgan fingerprint density at radius 2 is 1.09 bits per heavy atom. The van der Waals surface area contributed by atoms with Crippen LogP contribution in [0.15, 0.2) is 60.8 Å². The molecule has 31 heteroatoms. The van der Waals surface area contributed by atoms with Gasteiger partial charge in [-0.2, -0.15) is 12.6 Å².